The molecule has 104 valence electrons. The minimum atomic E-state index is -0.350. The summed E-state index contributed by atoms with van der Waals surface area (Å²) in [5.41, 5.74) is 2.32. The number of anilines is 1. The monoisotopic (exact) mass is 263 g/mol. The van der Waals surface area contributed by atoms with Gasteiger partial charge in [-0.15, -0.1) is 0 Å². The summed E-state index contributed by atoms with van der Waals surface area (Å²) in [7, 11) is 0. The number of piperidine rings is 1. The number of nitro groups is 1. The lowest BCUT2D eigenvalue weighted by molar-refractivity contribution is -0.384. The number of hydrogen-bond donors (Lipinski definition) is 2. The molecule has 1 aliphatic heterocycles. The van der Waals surface area contributed by atoms with E-state index in [-0.39, 0.29) is 16.0 Å². The van der Waals surface area contributed by atoms with Gasteiger partial charge in [0.15, 0.2) is 0 Å². The molecular formula is C14H21N3O2. The van der Waals surface area contributed by atoms with Gasteiger partial charge in [0.05, 0.1) is 4.92 Å². The first-order valence-corrected chi connectivity index (χ1v) is 6.70. The highest BCUT2D eigenvalue weighted by Gasteiger charge is 2.26. The van der Waals surface area contributed by atoms with E-state index in [0.29, 0.717) is 0 Å². The SMILES string of the molecule is Cc1ccc([N+](=O)[O-])cc1NCC1(C)CCNCC1. The maximum Gasteiger partial charge on any atom is 0.271 e. The Hall–Kier alpha value is -1.62. The summed E-state index contributed by atoms with van der Waals surface area (Å²) in [5.74, 6) is 0. The lowest BCUT2D eigenvalue weighted by Crippen LogP contribution is -2.39. The molecule has 2 N–H and O–H groups in total. The average molecular weight is 263 g/mol. The molecule has 0 aromatic heterocycles. The first-order valence-electron chi connectivity index (χ1n) is 6.70. The van der Waals surface area contributed by atoms with E-state index in [1.807, 2.05) is 6.92 Å². The Balaban J connectivity index is 2.06. The molecule has 2 rings (SSSR count). The summed E-state index contributed by atoms with van der Waals surface area (Å²) < 4.78 is 0. The predicted octanol–water partition coefficient (Wildman–Crippen LogP) is 2.70. The standard InChI is InChI=1S/C14H21N3O2/c1-11-3-4-12(17(18)19)9-13(11)16-10-14(2)5-7-15-8-6-14/h3-4,9,15-16H,5-8,10H2,1-2H3. The molecule has 1 fully saturated rings. The number of nitrogens with zero attached hydrogens (tertiary/aromatic N) is 1. The van der Waals surface area contributed by atoms with Gasteiger partial charge in [0.2, 0.25) is 0 Å². The summed E-state index contributed by atoms with van der Waals surface area (Å²) in [6, 6.07) is 4.97. The van der Waals surface area contributed by atoms with Gasteiger partial charge >= 0.3 is 0 Å². The smallest absolute Gasteiger partial charge is 0.271 e. The highest BCUT2D eigenvalue weighted by molar-refractivity contribution is 5.56. The zero-order chi connectivity index (χ0) is 13.9. The molecule has 1 aromatic carbocycles. The molecule has 0 amide bonds. The fraction of sp³-hybridized carbons (Fsp3) is 0.571. The molecule has 1 saturated heterocycles. The molecular weight excluding hydrogens is 242 g/mol. The molecule has 1 aromatic rings. The topological polar surface area (TPSA) is 67.2 Å². The number of nitro benzene ring substituents is 1. The number of aryl methyl sites for hydroxylation is 1. The van der Waals surface area contributed by atoms with Crippen molar-refractivity contribution in [1.29, 1.82) is 0 Å². The first kappa shape index (κ1) is 13.8. The zero-order valence-corrected chi connectivity index (χ0v) is 11.5. The Morgan fingerprint density at radius 1 is 1.42 bits per heavy atom. The van der Waals surface area contributed by atoms with E-state index in [0.717, 1.165) is 43.7 Å². The highest BCUT2D eigenvalue weighted by Crippen LogP contribution is 2.29. The first-order chi connectivity index (χ1) is 9.00. The van der Waals surface area contributed by atoms with Gasteiger partial charge < -0.3 is 10.6 Å². The molecule has 0 spiro atoms. The summed E-state index contributed by atoms with van der Waals surface area (Å²) >= 11 is 0. The van der Waals surface area contributed by atoms with Crippen molar-refractivity contribution in [2.24, 2.45) is 5.41 Å². The Bertz CT molecular complexity index is 468. The summed E-state index contributed by atoms with van der Waals surface area (Å²) in [4.78, 5) is 10.5. The van der Waals surface area contributed by atoms with Crippen molar-refractivity contribution in [1.82, 2.24) is 5.32 Å². The quantitative estimate of drug-likeness (QED) is 0.647. The fourth-order valence-corrected chi connectivity index (χ4v) is 2.43. The van der Waals surface area contributed by atoms with Crippen LogP contribution < -0.4 is 10.6 Å². The van der Waals surface area contributed by atoms with Crippen LogP contribution in [0, 0.1) is 22.5 Å². The number of hydrogen-bond acceptors (Lipinski definition) is 4. The van der Waals surface area contributed by atoms with Crippen LogP contribution in [0.4, 0.5) is 11.4 Å². The second-order valence-corrected chi connectivity index (χ2v) is 5.67. The van der Waals surface area contributed by atoms with Crippen molar-refractivity contribution < 1.29 is 4.92 Å². The van der Waals surface area contributed by atoms with Crippen LogP contribution in [-0.4, -0.2) is 24.6 Å². The maximum absolute atomic E-state index is 10.8. The van der Waals surface area contributed by atoms with Crippen LogP contribution in [-0.2, 0) is 0 Å². The van der Waals surface area contributed by atoms with E-state index in [1.165, 1.54) is 0 Å². The maximum atomic E-state index is 10.8. The van der Waals surface area contributed by atoms with Crippen LogP contribution in [0.5, 0.6) is 0 Å². The van der Waals surface area contributed by atoms with Crippen molar-refractivity contribution in [3.05, 3.63) is 33.9 Å². The van der Waals surface area contributed by atoms with Crippen LogP contribution >= 0.6 is 0 Å². The van der Waals surface area contributed by atoms with Gasteiger partial charge in [0.1, 0.15) is 0 Å². The summed E-state index contributed by atoms with van der Waals surface area (Å²) in [5, 5.41) is 17.5. The molecule has 0 bridgehead atoms. The number of benzene rings is 1. The Morgan fingerprint density at radius 2 is 2.11 bits per heavy atom. The Morgan fingerprint density at radius 3 is 2.74 bits per heavy atom. The molecule has 0 atom stereocenters. The Kier molecular flexibility index (Phi) is 4.04. The van der Waals surface area contributed by atoms with Crippen molar-refractivity contribution in [2.75, 3.05) is 25.0 Å². The number of nitrogens with one attached hydrogen (secondary N) is 2. The lowest BCUT2D eigenvalue weighted by atomic mass is 9.81. The predicted molar refractivity (Wildman–Crippen MR) is 76.5 cm³/mol. The van der Waals surface area contributed by atoms with Crippen molar-refractivity contribution in [2.45, 2.75) is 26.7 Å². The van der Waals surface area contributed by atoms with Crippen LogP contribution in [0.15, 0.2) is 18.2 Å². The van der Waals surface area contributed by atoms with Gasteiger partial charge in [-0.2, -0.15) is 0 Å². The van der Waals surface area contributed by atoms with Gasteiger partial charge in [-0.25, -0.2) is 0 Å². The van der Waals surface area contributed by atoms with E-state index in [9.17, 15) is 10.1 Å². The van der Waals surface area contributed by atoms with Gasteiger partial charge in [0, 0.05) is 24.4 Å². The highest BCUT2D eigenvalue weighted by atomic mass is 16.6. The summed E-state index contributed by atoms with van der Waals surface area (Å²) in [6.07, 6.45) is 2.27. The van der Waals surface area contributed by atoms with Crippen molar-refractivity contribution in [3.63, 3.8) is 0 Å². The largest absolute Gasteiger partial charge is 0.384 e. The zero-order valence-electron chi connectivity index (χ0n) is 11.5. The van der Waals surface area contributed by atoms with Gasteiger partial charge in [-0.05, 0) is 43.8 Å². The van der Waals surface area contributed by atoms with E-state index >= 15 is 0 Å². The van der Waals surface area contributed by atoms with Crippen LogP contribution in [0.25, 0.3) is 0 Å². The summed E-state index contributed by atoms with van der Waals surface area (Å²) in [6.45, 7) is 7.19. The van der Waals surface area contributed by atoms with E-state index in [1.54, 1.807) is 18.2 Å². The van der Waals surface area contributed by atoms with Crippen molar-refractivity contribution >= 4 is 11.4 Å². The second kappa shape index (κ2) is 5.57. The lowest BCUT2D eigenvalue weighted by Gasteiger charge is -2.34. The number of non-ortho nitro benzene ring substituents is 1. The van der Waals surface area contributed by atoms with E-state index in [4.69, 9.17) is 0 Å². The third-order valence-electron chi connectivity index (χ3n) is 3.95. The Labute approximate surface area is 113 Å². The molecule has 5 nitrogen and oxygen atoms in total. The van der Waals surface area contributed by atoms with Crippen LogP contribution in [0.3, 0.4) is 0 Å². The van der Waals surface area contributed by atoms with E-state index < -0.39 is 0 Å². The molecule has 0 radical (unpaired) electrons. The molecule has 0 aliphatic carbocycles. The van der Waals surface area contributed by atoms with Gasteiger partial charge in [0.25, 0.3) is 5.69 Å². The minimum Gasteiger partial charge on any atom is -0.384 e. The molecule has 1 aliphatic rings. The van der Waals surface area contributed by atoms with E-state index in [2.05, 4.69) is 17.6 Å². The average Bonchev–Trinajstić information content (AvgIpc) is 2.38. The molecule has 0 unspecified atom stereocenters. The normalized spacial score (nSPS) is 18.0. The third-order valence-corrected chi connectivity index (χ3v) is 3.95. The van der Waals surface area contributed by atoms with Gasteiger partial charge in [-0.1, -0.05) is 13.0 Å². The molecule has 1 heterocycles. The van der Waals surface area contributed by atoms with Gasteiger partial charge in [-0.3, -0.25) is 10.1 Å². The second-order valence-electron chi connectivity index (χ2n) is 5.67. The van der Waals surface area contributed by atoms with Crippen LogP contribution in [0.2, 0.25) is 0 Å². The number of rotatable bonds is 4. The molecule has 0 saturated carbocycles. The minimum absolute atomic E-state index is 0.142. The molecule has 19 heavy (non-hydrogen) atoms. The van der Waals surface area contributed by atoms with Crippen LogP contribution in [0.1, 0.15) is 25.3 Å². The molecule has 5 heteroatoms. The van der Waals surface area contributed by atoms with Crippen molar-refractivity contribution in [3.8, 4) is 0 Å². The fourth-order valence-electron chi connectivity index (χ4n) is 2.43. The third kappa shape index (κ3) is 3.44.